The van der Waals surface area contributed by atoms with Crippen LogP contribution in [-0.2, 0) is 4.74 Å². The number of hydrogen-bond acceptors (Lipinski definition) is 6. The molecule has 4 N–H and O–H groups in total. The van der Waals surface area contributed by atoms with Gasteiger partial charge in [-0.2, -0.15) is 4.98 Å². The molecule has 2 heterocycles. The summed E-state index contributed by atoms with van der Waals surface area (Å²) in [5.41, 5.74) is 5.39. The van der Waals surface area contributed by atoms with Gasteiger partial charge in [-0.05, 0) is 32.8 Å². The van der Waals surface area contributed by atoms with Crippen molar-refractivity contribution in [3.05, 3.63) is 22.2 Å². The third-order valence-electron chi connectivity index (χ3n) is 3.87. The standard InChI is InChI=1S/C16H24N3O4P/c1-5-6-10-9-19(16(22)18-14(10)17)15-13(21)12(20)11(23-15)7-8-24(2,3)4/h9,11-13,15,20-21H,2,7-8H2,1,3-4H3,(H2,17,18,22)/t11-,12-,13-,15-/m1/s1. The SMILES string of the molecule is C=P(C)(C)CC[C@H]1O[C@@H](n2cc(C#CC)c(N)nc2=O)[C@H](O)[C@@H]1O. The molecule has 0 amide bonds. The average Bonchev–Trinajstić information content (AvgIpc) is 2.75. The quantitative estimate of drug-likeness (QED) is 0.516. The molecule has 1 fully saturated rings. The number of hydrogen-bond donors (Lipinski definition) is 3. The van der Waals surface area contributed by atoms with Crippen LogP contribution in [0.3, 0.4) is 0 Å². The second-order valence-electron chi connectivity index (χ2n) is 6.60. The maximum Gasteiger partial charge on any atom is 0.351 e. The van der Waals surface area contributed by atoms with E-state index in [0.29, 0.717) is 12.0 Å². The molecule has 0 aromatic carbocycles. The lowest BCUT2D eigenvalue weighted by Crippen LogP contribution is -2.36. The van der Waals surface area contributed by atoms with E-state index >= 15 is 0 Å². The summed E-state index contributed by atoms with van der Waals surface area (Å²) in [6.07, 6.45) is 3.03. The van der Waals surface area contributed by atoms with Crippen molar-refractivity contribution >= 4 is 19.0 Å². The first-order valence-electron chi connectivity index (χ1n) is 7.64. The highest BCUT2D eigenvalue weighted by Crippen LogP contribution is 2.39. The highest BCUT2D eigenvalue weighted by Gasteiger charge is 2.44. The topological polar surface area (TPSA) is 111 Å². The normalized spacial score (nSPS) is 26.9. The number of nitrogens with two attached hydrogens (primary N) is 1. The summed E-state index contributed by atoms with van der Waals surface area (Å²) in [7, 11) is 0. The van der Waals surface area contributed by atoms with Crippen LogP contribution >= 0.6 is 6.89 Å². The zero-order valence-electron chi connectivity index (χ0n) is 14.1. The minimum Gasteiger partial charge on any atom is -0.388 e. The van der Waals surface area contributed by atoms with Crippen molar-refractivity contribution < 1.29 is 14.9 Å². The Kier molecular flexibility index (Phi) is 5.56. The predicted octanol–water partition coefficient (Wildman–Crippen LogP) is -0.0846. The zero-order valence-corrected chi connectivity index (χ0v) is 15.0. The molecule has 7 nitrogen and oxygen atoms in total. The van der Waals surface area contributed by atoms with Crippen LogP contribution in [-0.4, -0.2) is 63.9 Å². The minimum atomic E-state index is -1.28. The molecule has 0 radical (unpaired) electrons. The Bertz CT molecular complexity index is 774. The number of ether oxygens (including phenoxy) is 1. The maximum absolute atomic E-state index is 12.1. The highest BCUT2D eigenvalue weighted by atomic mass is 31.2. The Balaban J connectivity index is 2.29. The largest absolute Gasteiger partial charge is 0.388 e. The number of anilines is 1. The first-order valence-corrected chi connectivity index (χ1v) is 10.7. The van der Waals surface area contributed by atoms with E-state index in [2.05, 4.69) is 36.5 Å². The van der Waals surface area contributed by atoms with Gasteiger partial charge < -0.3 is 20.7 Å². The first-order chi connectivity index (χ1) is 11.1. The van der Waals surface area contributed by atoms with Gasteiger partial charge in [0.25, 0.3) is 0 Å². The third-order valence-corrected chi connectivity index (χ3v) is 5.34. The lowest BCUT2D eigenvalue weighted by Gasteiger charge is -2.19. The number of nitrogen functional groups attached to an aromatic ring is 1. The van der Waals surface area contributed by atoms with Crippen molar-refractivity contribution in [1.82, 2.24) is 9.55 Å². The minimum absolute atomic E-state index is 0.0267. The monoisotopic (exact) mass is 353 g/mol. The molecule has 0 bridgehead atoms. The van der Waals surface area contributed by atoms with Crippen LogP contribution in [0, 0.1) is 11.8 Å². The van der Waals surface area contributed by atoms with Crippen LogP contribution in [0.2, 0.25) is 0 Å². The van der Waals surface area contributed by atoms with Gasteiger partial charge in [-0.25, -0.2) is 4.79 Å². The molecule has 1 aliphatic rings. The van der Waals surface area contributed by atoms with E-state index in [1.165, 1.54) is 6.20 Å². The third kappa shape index (κ3) is 4.08. The Morgan fingerprint density at radius 3 is 2.71 bits per heavy atom. The second kappa shape index (κ2) is 7.12. The molecule has 0 aliphatic carbocycles. The van der Waals surface area contributed by atoms with E-state index < -0.39 is 37.1 Å². The van der Waals surface area contributed by atoms with Gasteiger partial charge in [-0.3, -0.25) is 4.57 Å². The van der Waals surface area contributed by atoms with Gasteiger partial charge in [0.1, 0.15) is 18.0 Å². The Labute approximate surface area is 141 Å². The molecule has 1 saturated heterocycles. The van der Waals surface area contributed by atoms with E-state index in [1.807, 2.05) is 0 Å². The molecule has 132 valence electrons. The van der Waals surface area contributed by atoms with Gasteiger partial charge >= 0.3 is 5.69 Å². The molecule has 4 atom stereocenters. The van der Waals surface area contributed by atoms with E-state index in [-0.39, 0.29) is 5.82 Å². The molecule has 1 aromatic heterocycles. The molecule has 0 saturated carbocycles. The summed E-state index contributed by atoms with van der Waals surface area (Å²) in [5, 5.41) is 20.5. The fourth-order valence-electron chi connectivity index (χ4n) is 2.57. The summed E-state index contributed by atoms with van der Waals surface area (Å²) < 4.78 is 6.88. The number of nitrogens with zero attached hydrogens (tertiary/aromatic N) is 2. The molecular weight excluding hydrogens is 329 g/mol. The van der Waals surface area contributed by atoms with Gasteiger partial charge in [0.05, 0.1) is 11.7 Å². The summed E-state index contributed by atoms with van der Waals surface area (Å²) >= 11 is 0. The predicted molar refractivity (Wildman–Crippen MR) is 96.8 cm³/mol. The lowest BCUT2D eigenvalue weighted by atomic mass is 10.1. The second-order valence-corrected chi connectivity index (χ2v) is 10.9. The fourth-order valence-corrected chi connectivity index (χ4v) is 3.52. The van der Waals surface area contributed by atoms with Crippen LogP contribution in [0.5, 0.6) is 0 Å². The molecule has 0 unspecified atom stereocenters. The zero-order chi connectivity index (χ0) is 18.1. The van der Waals surface area contributed by atoms with E-state index in [0.717, 1.165) is 10.7 Å². The molecule has 1 aliphatic heterocycles. The van der Waals surface area contributed by atoms with Crippen LogP contribution < -0.4 is 11.4 Å². The highest BCUT2D eigenvalue weighted by molar-refractivity contribution is 7.72. The van der Waals surface area contributed by atoms with Crippen molar-refractivity contribution in [2.24, 2.45) is 0 Å². The summed E-state index contributed by atoms with van der Waals surface area (Å²) in [4.78, 5) is 15.8. The number of aliphatic hydroxyl groups excluding tert-OH is 2. The number of rotatable bonds is 4. The van der Waals surface area contributed by atoms with Gasteiger partial charge in [-0.1, -0.05) is 5.92 Å². The lowest BCUT2D eigenvalue weighted by molar-refractivity contribution is -0.0401. The van der Waals surface area contributed by atoms with Crippen molar-refractivity contribution in [3.8, 4) is 11.8 Å². The van der Waals surface area contributed by atoms with Gasteiger partial charge in [0, 0.05) is 6.20 Å². The molecule has 24 heavy (non-hydrogen) atoms. The maximum atomic E-state index is 12.1. The average molecular weight is 353 g/mol. The summed E-state index contributed by atoms with van der Waals surface area (Å²) in [5.74, 6) is 5.46. The summed E-state index contributed by atoms with van der Waals surface area (Å²) in [6, 6.07) is 0. The van der Waals surface area contributed by atoms with Crippen LogP contribution in [0.25, 0.3) is 0 Å². The van der Waals surface area contributed by atoms with E-state index in [9.17, 15) is 15.0 Å². The number of aromatic nitrogens is 2. The van der Waals surface area contributed by atoms with Crippen LogP contribution in [0.1, 0.15) is 25.1 Å². The van der Waals surface area contributed by atoms with Gasteiger partial charge in [-0.15, -0.1) is 19.1 Å². The van der Waals surface area contributed by atoms with Crippen LogP contribution in [0.4, 0.5) is 5.82 Å². The molecule has 1 aromatic rings. The molecule has 0 spiro atoms. The Hall–Kier alpha value is -1.58. The summed E-state index contributed by atoms with van der Waals surface area (Å²) in [6.45, 7) is 4.54. The van der Waals surface area contributed by atoms with Crippen molar-refractivity contribution in [3.63, 3.8) is 0 Å². The van der Waals surface area contributed by atoms with Gasteiger partial charge in [0.15, 0.2) is 6.23 Å². The van der Waals surface area contributed by atoms with E-state index in [1.54, 1.807) is 6.92 Å². The van der Waals surface area contributed by atoms with E-state index in [4.69, 9.17) is 10.5 Å². The molecular formula is C16H24N3O4P. The van der Waals surface area contributed by atoms with Crippen molar-refractivity contribution in [1.29, 1.82) is 0 Å². The molecule has 2 rings (SSSR count). The Morgan fingerprint density at radius 1 is 1.46 bits per heavy atom. The van der Waals surface area contributed by atoms with Crippen LogP contribution in [0.15, 0.2) is 11.0 Å². The first kappa shape index (κ1) is 18.8. The van der Waals surface area contributed by atoms with Crippen molar-refractivity contribution in [2.75, 3.05) is 25.2 Å². The molecule has 8 heteroatoms. The van der Waals surface area contributed by atoms with Crippen molar-refractivity contribution in [2.45, 2.75) is 37.9 Å². The smallest absolute Gasteiger partial charge is 0.351 e. The number of aliphatic hydroxyl groups is 2. The fraction of sp³-hybridized carbons (Fsp3) is 0.562. The van der Waals surface area contributed by atoms with Gasteiger partial charge in [0.2, 0.25) is 0 Å². The Morgan fingerprint density at radius 2 is 2.12 bits per heavy atom.